The van der Waals surface area contributed by atoms with Gasteiger partial charge in [0.15, 0.2) is 0 Å². The Kier molecular flexibility index (Phi) is 3.85. The molecule has 0 saturated carbocycles. The summed E-state index contributed by atoms with van der Waals surface area (Å²) in [4.78, 5) is 4.04. The van der Waals surface area contributed by atoms with Crippen LogP contribution in [0.5, 0.6) is 0 Å². The first-order valence-electron chi connectivity index (χ1n) is 6.75. The second kappa shape index (κ2) is 5.76. The number of halogens is 1. The molecule has 1 aliphatic rings. The summed E-state index contributed by atoms with van der Waals surface area (Å²) in [5.41, 5.74) is 2.75. The molecule has 2 atom stereocenters. The zero-order valence-corrected chi connectivity index (χ0v) is 11.6. The molecule has 1 aromatic heterocycles. The van der Waals surface area contributed by atoms with Gasteiger partial charge in [-0.2, -0.15) is 0 Å². The van der Waals surface area contributed by atoms with E-state index in [9.17, 15) is 0 Å². The molecule has 4 heteroatoms. The van der Waals surface area contributed by atoms with Crippen LogP contribution in [0.1, 0.15) is 23.6 Å². The van der Waals surface area contributed by atoms with Gasteiger partial charge in [0.25, 0.3) is 0 Å². The fraction of sp³-hybridized carbons (Fsp3) is 0.400. The normalized spacial score (nSPS) is 21.5. The highest BCUT2D eigenvalue weighted by molar-refractivity contribution is 6.21. The Balaban J connectivity index is 1.53. The highest BCUT2D eigenvalue weighted by atomic mass is 35.5. The van der Waals surface area contributed by atoms with Gasteiger partial charge >= 0.3 is 0 Å². The first kappa shape index (κ1) is 12.7. The number of nitrogens with zero attached hydrogens (tertiary/aromatic N) is 2. The van der Waals surface area contributed by atoms with Crippen LogP contribution < -0.4 is 5.32 Å². The van der Waals surface area contributed by atoms with Gasteiger partial charge in [0.1, 0.15) is 0 Å². The van der Waals surface area contributed by atoms with Crippen LogP contribution in [0.4, 0.5) is 0 Å². The maximum atomic E-state index is 6.44. The monoisotopic (exact) mass is 275 g/mol. The highest BCUT2D eigenvalue weighted by Gasteiger charge is 2.29. The lowest BCUT2D eigenvalue weighted by Gasteiger charge is -2.17. The molecular formula is C15H18ClN3. The van der Waals surface area contributed by atoms with Crippen LogP contribution in [0.25, 0.3) is 0 Å². The Labute approximate surface area is 118 Å². The summed E-state index contributed by atoms with van der Waals surface area (Å²) in [6, 6.07) is 8.83. The number of aromatic nitrogens is 2. The standard InChI is InChI=1S/C15H18ClN3/c16-14-10-12-4-1-2-5-13(12)15(14)18-6-3-8-19-9-7-17-11-19/h1-2,4-5,7,9,11,14-15,18H,3,6,8,10H2. The molecule has 100 valence electrons. The van der Waals surface area contributed by atoms with Crippen molar-refractivity contribution >= 4 is 11.6 Å². The van der Waals surface area contributed by atoms with Gasteiger partial charge < -0.3 is 9.88 Å². The Morgan fingerprint density at radius 1 is 1.37 bits per heavy atom. The predicted molar refractivity (Wildman–Crippen MR) is 77.4 cm³/mol. The number of benzene rings is 1. The number of rotatable bonds is 5. The van der Waals surface area contributed by atoms with Gasteiger partial charge in [-0.3, -0.25) is 0 Å². The van der Waals surface area contributed by atoms with E-state index in [2.05, 4.69) is 39.1 Å². The summed E-state index contributed by atoms with van der Waals surface area (Å²) in [5.74, 6) is 0. The van der Waals surface area contributed by atoms with E-state index in [1.807, 2.05) is 18.7 Å². The Morgan fingerprint density at radius 2 is 2.26 bits per heavy atom. The molecule has 2 aromatic rings. The van der Waals surface area contributed by atoms with Crippen LogP contribution in [-0.2, 0) is 13.0 Å². The van der Waals surface area contributed by atoms with Crippen molar-refractivity contribution in [2.45, 2.75) is 30.8 Å². The molecule has 3 rings (SSSR count). The number of nitrogens with one attached hydrogen (secondary N) is 1. The number of imidazole rings is 1. The number of fused-ring (bicyclic) bond motifs is 1. The van der Waals surface area contributed by atoms with Gasteiger partial charge in [-0.05, 0) is 30.5 Å². The van der Waals surface area contributed by atoms with Crippen molar-refractivity contribution in [2.24, 2.45) is 0 Å². The van der Waals surface area contributed by atoms with Gasteiger partial charge in [-0.15, -0.1) is 11.6 Å². The molecule has 0 saturated heterocycles. The predicted octanol–water partition coefficient (Wildman–Crippen LogP) is 2.77. The van der Waals surface area contributed by atoms with Crippen molar-refractivity contribution in [1.82, 2.24) is 14.9 Å². The highest BCUT2D eigenvalue weighted by Crippen LogP contribution is 2.34. The van der Waals surface area contributed by atoms with E-state index in [4.69, 9.17) is 11.6 Å². The van der Waals surface area contributed by atoms with Gasteiger partial charge in [-0.25, -0.2) is 4.98 Å². The summed E-state index contributed by atoms with van der Waals surface area (Å²) in [5, 5.41) is 3.76. The number of hydrogen-bond acceptors (Lipinski definition) is 2. The minimum atomic E-state index is 0.172. The molecule has 0 bridgehead atoms. The molecule has 0 fully saturated rings. The summed E-state index contributed by atoms with van der Waals surface area (Å²) in [6.07, 6.45) is 7.72. The fourth-order valence-electron chi connectivity index (χ4n) is 2.72. The topological polar surface area (TPSA) is 29.9 Å². The van der Waals surface area contributed by atoms with E-state index in [1.165, 1.54) is 11.1 Å². The SMILES string of the molecule is ClC1Cc2ccccc2C1NCCCn1ccnc1. The van der Waals surface area contributed by atoms with E-state index in [0.29, 0.717) is 6.04 Å². The average Bonchev–Trinajstić information content (AvgIpc) is 3.02. The van der Waals surface area contributed by atoms with Crippen LogP contribution in [0.3, 0.4) is 0 Å². The van der Waals surface area contributed by atoms with Crippen LogP contribution in [0.15, 0.2) is 43.0 Å². The van der Waals surface area contributed by atoms with Crippen molar-refractivity contribution in [3.8, 4) is 0 Å². The maximum absolute atomic E-state index is 6.44. The first-order valence-corrected chi connectivity index (χ1v) is 7.19. The minimum absolute atomic E-state index is 0.172. The van der Waals surface area contributed by atoms with E-state index < -0.39 is 0 Å². The van der Waals surface area contributed by atoms with E-state index in [0.717, 1.165) is 25.9 Å². The Hall–Kier alpha value is -1.32. The second-order valence-corrected chi connectivity index (χ2v) is 5.57. The van der Waals surface area contributed by atoms with Gasteiger partial charge in [0, 0.05) is 25.0 Å². The largest absolute Gasteiger partial charge is 0.337 e. The molecule has 2 unspecified atom stereocenters. The maximum Gasteiger partial charge on any atom is 0.0945 e. The van der Waals surface area contributed by atoms with Crippen LogP contribution >= 0.6 is 11.6 Å². The second-order valence-electron chi connectivity index (χ2n) is 5.00. The Bertz CT molecular complexity index is 524. The molecule has 0 aliphatic heterocycles. The van der Waals surface area contributed by atoms with Gasteiger partial charge in [0.05, 0.1) is 11.7 Å². The molecule has 3 nitrogen and oxygen atoms in total. The third kappa shape index (κ3) is 2.82. The summed E-state index contributed by atoms with van der Waals surface area (Å²) in [6.45, 7) is 1.97. The molecule has 1 heterocycles. The van der Waals surface area contributed by atoms with Crippen LogP contribution in [-0.4, -0.2) is 21.5 Å². The van der Waals surface area contributed by atoms with Crippen molar-refractivity contribution < 1.29 is 0 Å². The molecule has 19 heavy (non-hydrogen) atoms. The molecule has 1 N–H and O–H groups in total. The molecule has 0 radical (unpaired) electrons. The van der Waals surface area contributed by atoms with E-state index in [-0.39, 0.29) is 5.38 Å². The molecular weight excluding hydrogens is 258 g/mol. The zero-order valence-electron chi connectivity index (χ0n) is 10.8. The molecule has 0 amide bonds. The van der Waals surface area contributed by atoms with E-state index in [1.54, 1.807) is 0 Å². The van der Waals surface area contributed by atoms with E-state index >= 15 is 0 Å². The number of aryl methyl sites for hydroxylation is 1. The fourth-order valence-corrected chi connectivity index (χ4v) is 3.11. The number of alkyl halides is 1. The number of hydrogen-bond donors (Lipinski definition) is 1. The summed E-state index contributed by atoms with van der Waals surface area (Å²) >= 11 is 6.44. The summed E-state index contributed by atoms with van der Waals surface area (Å²) in [7, 11) is 0. The van der Waals surface area contributed by atoms with Crippen LogP contribution in [0, 0.1) is 0 Å². The Morgan fingerprint density at radius 3 is 3.11 bits per heavy atom. The van der Waals surface area contributed by atoms with Gasteiger partial charge in [0.2, 0.25) is 0 Å². The smallest absolute Gasteiger partial charge is 0.0945 e. The third-order valence-electron chi connectivity index (χ3n) is 3.68. The lowest BCUT2D eigenvalue weighted by molar-refractivity contribution is 0.503. The minimum Gasteiger partial charge on any atom is -0.337 e. The van der Waals surface area contributed by atoms with Crippen molar-refractivity contribution in [1.29, 1.82) is 0 Å². The van der Waals surface area contributed by atoms with Gasteiger partial charge in [-0.1, -0.05) is 24.3 Å². The lowest BCUT2D eigenvalue weighted by Crippen LogP contribution is -2.27. The molecule has 1 aliphatic carbocycles. The zero-order chi connectivity index (χ0) is 13.1. The van der Waals surface area contributed by atoms with Crippen molar-refractivity contribution in [3.05, 3.63) is 54.1 Å². The van der Waals surface area contributed by atoms with Crippen LogP contribution in [0.2, 0.25) is 0 Å². The average molecular weight is 276 g/mol. The van der Waals surface area contributed by atoms with Crippen molar-refractivity contribution in [2.75, 3.05) is 6.54 Å². The van der Waals surface area contributed by atoms with Crippen molar-refractivity contribution in [3.63, 3.8) is 0 Å². The molecule has 0 spiro atoms. The quantitative estimate of drug-likeness (QED) is 0.672. The molecule has 1 aromatic carbocycles. The summed E-state index contributed by atoms with van der Waals surface area (Å²) < 4.78 is 2.10. The lowest BCUT2D eigenvalue weighted by atomic mass is 10.1. The third-order valence-corrected chi connectivity index (χ3v) is 4.09. The first-order chi connectivity index (χ1) is 9.34.